The fourth-order valence-electron chi connectivity index (χ4n) is 4.52. The Kier molecular flexibility index (Phi) is 9.55. The number of carbonyl (C=O) groups excluding carboxylic acids is 5. The van der Waals surface area contributed by atoms with Crippen LogP contribution < -0.4 is 45.3 Å². The van der Waals surface area contributed by atoms with E-state index in [1.165, 1.54) is 16.7 Å². The Labute approximate surface area is 245 Å². The maximum Gasteiger partial charge on any atom is 1.00 e. The van der Waals surface area contributed by atoms with Gasteiger partial charge in [0.15, 0.2) is 0 Å². The summed E-state index contributed by atoms with van der Waals surface area (Å²) in [5.41, 5.74) is 0.352. The average Bonchev–Trinajstić information content (AvgIpc) is 3.31. The molecule has 4 atom stereocenters. The summed E-state index contributed by atoms with van der Waals surface area (Å²) in [5, 5.41) is 16.0. The minimum Gasteiger partial charge on any atom is -0.548 e. The third-order valence-electron chi connectivity index (χ3n) is 6.24. The number of fused-ring (bicyclic) bond motifs is 1. The van der Waals surface area contributed by atoms with E-state index in [9.17, 15) is 37.5 Å². The van der Waals surface area contributed by atoms with Crippen molar-refractivity contribution >= 4 is 51.6 Å². The first kappa shape index (κ1) is 31.8. The fourth-order valence-corrected chi connectivity index (χ4v) is 6.94. The van der Waals surface area contributed by atoms with E-state index in [4.69, 9.17) is 0 Å². The molecule has 0 radical (unpaired) electrons. The molecule has 4 N–H and O–H groups in total. The van der Waals surface area contributed by atoms with E-state index in [1.807, 2.05) is 0 Å². The molecule has 3 fully saturated rings. The number of hydrogen-bond acceptors (Lipinski definition) is 9. The van der Waals surface area contributed by atoms with E-state index in [2.05, 4.69) is 10.6 Å². The predicted molar refractivity (Wildman–Crippen MR) is 128 cm³/mol. The summed E-state index contributed by atoms with van der Waals surface area (Å²) in [6.45, 7) is 2.92. The molecule has 3 saturated heterocycles. The Balaban J connectivity index is 0.00000253. The monoisotopic (exact) mass is 579 g/mol. The number of carboxylic acids is 1. The first-order valence-electron chi connectivity index (χ1n) is 10.9. The summed E-state index contributed by atoms with van der Waals surface area (Å²) in [6.07, 6.45) is 0.846. The number of benzene rings is 1. The van der Waals surface area contributed by atoms with Crippen LogP contribution >= 0.6 is 11.8 Å². The van der Waals surface area contributed by atoms with Gasteiger partial charge in [0.1, 0.15) is 17.5 Å². The zero-order valence-electron chi connectivity index (χ0n) is 21.0. The van der Waals surface area contributed by atoms with Gasteiger partial charge >= 0.3 is 41.6 Å². The Hall–Kier alpha value is -2.37. The predicted octanol–water partition coefficient (Wildman–Crippen LogP) is -5.39. The molecule has 202 valence electrons. The molecule has 0 saturated carbocycles. The number of rotatable bonds is 6. The maximum absolute atomic E-state index is 13.3. The van der Waals surface area contributed by atoms with Gasteiger partial charge in [-0.3, -0.25) is 9.59 Å². The van der Waals surface area contributed by atoms with Crippen molar-refractivity contribution in [3.8, 4) is 0 Å². The molecule has 0 bridgehead atoms. The molecule has 1 aromatic rings. The quantitative estimate of drug-likeness (QED) is 0.243. The van der Waals surface area contributed by atoms with Crippen molar-refractivity contribution in [2.45, 2.75) is 42.1 Å². The number of imide groups is 1. The van der Waals surface area contributed by atoms with Gasteiger partial charge in [-0.25, -0.2) is 27.2 Å². The molecule has 6 amide bonds. The van der Waals surface area contributed by atoms with Crippen LogP contribution in [0.5, 0.6) is 0 Å². The van der Waals surface area contributed by atoms with Crippen LogP contribution in [0, 0.1) is 0 Å². The van der Waals surface area contributed by atoms with Gasteiger partial charge in [0, 0.05) is 4.75 Å². The number of carboxylic acid groups (broad SMARTS) is 1. The first-order chi connectivity index (χ1) is 16.7. The third-order valence-corrected chi connectivity index (χ3v) is 8.95. The molecule has 0 aromatic heterocycles. The second-order valence-corrected chi connectivity index (χ2v) is 12.8. The number of amides is 6. The Bertz CT molecular complexity index is 1250. The number of hydrogen-bond donors (Lipinski definition) is 2. The Morgan fingerprint density at radius 3 is 2.26 bits per heavy atom. The smallest absolute Gasteiger partial charge is 0.548 e. The van der Waals surface area contributed by atoms with Crippen molar-refractivity contribution in [1.82, 2.24) is 24.7 Å². The second-order valence-electron chi connectivity index (χ2n) is 9.13. The fraction of sp³-hybridized carbons (Fsp3) is 0.476. The molecule has 1 aromatic carbocycles. The number of urea groups is 2. The summed E-state index contributed by atoms with van der Waals surface area (Å²) in [5.74, 6) is -2.73. The van der Waals surface area contributed by atoms with Crippen molar-refractivity contribution in [3.63, 3.8) is 0 Å². The summed E-state index contributed by atoms with van der Waals surface area (Å²) in [6, 6.07) is 2.56. The van der Waals surface area contributed by atoms with E-state index < -0.39 is 68.1 Å². The summed E-state index contributed by atoms with van der Waals surface area (Å²) in [4.78, 5) is 64.8. The molecule has 3 aliphatic rings. The van der Waals surface area contributed by atoms with Gasteiger partial charge in [-0.05, 0) is 19.4 Å². The second kappa shape index (κ2) is 11.4. The average molecular weight is 580 g/mol. The van der Waals surface area contributed by atoms with Crippen LogP contribution in [0.2, 0.25) is 0 Å². The van der Waals surface area contributed by atoms with E-state index in [1.54, 1.807) is 44.2 Å². The largest absolute Gasteiger partial charge is 1.00 e. The standard InChI is InChI=1S/C21H25N5O8S2.Na.H2O/c1-21(2)14(18(29)30)26-16(28)13(17(26)35-21)22-15(27)12(11-7-5-4-6-8-11)23-19(31)24-9-10-25(20(24)32)36(3,33)34;;/h4-8,12-14,17H,9-10H2,1-3H3,(H,22,27)(H,23,31)(H,29,30);;1H2/q;+1;/p-1/t12-,13-,14?,17-;;/m1../s1. The topological polar surface area (TPSA) is 208 Å². The molecule has 3 heterocycles. The SMILES string of the molecule is CC1(C)S[C@@H]2[C@H](NC(=O)[C@H](NC(=O)N3CCN(S(C)(=O)=O)C3=O)c3ccccc3)C(=O)N2C1C(=O)[O-].O.[Na+]. The van der Waals surface area contributed by atoms with Crippen molar-refractivity contribution < 1.29 is 72.5 Å². The van der Waals surface area contributed by atoms with Gasteiger partial charge < -0.3 is 30.9 Å². The molecular weight excluding hydrogens is 553 g/mol. The third kappa shape index (κ3) is 5.65. The number of β-lactam (4-membered cyclic amide) rings is 1. The van der Waals surface area contributed by atoms with E-state index >= 15 is 0 Å². The van der Waals surface area contributed by atoms with Crippen molar-refractivity contribution in [1.29, 1.82) is 0 Å². The van der Waals surface area contributed by atoms with Crippen LogP contribution in [0.4, 0.5) is 9.59 Å². The van der Waals surface area contributed by atoms with Gasteiger partial charge in [0.25, 0.3) is 0 Å². The molecule has 14 nitrogen and oxygen atoms in total. The zero-order chi connectivity index (χ0) is 26.6. The van der Waals surface area contributed by atoms with E-state index in [-0.39, 0.29) is 48.1 Å². The van der Waals surface area contributed by atoms with Gasteiger partial charge in [-0.1, -0.05) is 30.3 Å². The maximum atomic E-state index is 13.3. The minimum absolute atomic E-state index is 0. The molecule has 4 rings (SSSR count). The number of carbonyl (C=O) groups is 5. The van der Waals surface area contributed by atoms with Gasteiger partial charge in [-0.2, -0.15) is 0 Å². The minimum atomic E-state index is -3.87. The molecule has 3 aliphatic heterocycles. The number of nitrogens with one attached hydrogen (secondary N) is 2. The van der Waals surface area contributed by atoms with Crippen LogP contribution in [-0.2, 0) is 24.4 Å². The molecular formula is C21H26N5NaO9S2. The number of thioether (sulfide) groups is 1. The molecule has 17 heteroatoms. The Morgan fingerprint density at radius 1 is 1.13 bits per heavy atom. The van der Waals surface area contributed by atoms with Crippen molar-refractivity contribution in [2.24, 2.45) is 0 Å². The van der Waals surface area contributed by atoms with Crippen molar-refractivity contribution in [2.75, 3.05) is 19.3 Å². The first-order valence-corrected chi connectivity index (χ1v) is 13.6. The number of sulfonamides is 1. The van der Waals surface area contributed by atoms with Gasteiger partial charge in [0.2, 0.25) is 21.8 Å². The van der Waals surface area contributed by atoms with Crippen LogP contribution in [-0.4, -0.2) is 99.4 Å². The number of nitrogens with zero attached hydrogens (tertiary/aromatic N) is 3. The van der Waals surface area contributed by atoms with Crippen LogP contribution in [0.15, 0.2) is 30.3 Å². The summed E-state index contributed by atoms with van der Waals surface area (Å²) in [7, 11) is -3.87. The van der Waals surface area contributed by atoms with Crippen LogP contribution in [0.25, 0.3) is 0 Å². The van der Waals surface area contributed by atoms with E-state index in [0.29, 0.717) is 14.8 Å². The van der Waals surface area contributed by atoms with Gasteiger partial charge in [-0.15, -0.1) is 11.8 Å². The Morgan fingerprint density at radius 2 is 1.74 bits per heavy atom. The molecule has 1 unspecified atom stereocenters. The van der Waals surface area contributed by atoms with Crippen LogP contribution in [0.3, 0.4) is 0 Å². The normalized spacial score (nSPS) is 24.4. The number of aliphatic carboxylic acids is 1. The molecule has 0 spiro atoms. The van der Waals surface area contributed by atoms with E-state index in [0.717, 1.165) is 6.26 Å². The van der Waals surface area contributed by atoms with Gasteiger partial charge in [0.05, 0.1) is 31.4 Å². The zero-order valence-corrected chi connectivity index (χ0v) is 24.7. The summed E-state index contributed by atoms with van der Waals surface area (Å²) < 4.78 is 23.2. The molecule has 0 aliphatic carbocycles. The van der Waals surface area contributed by atoms with Crippen molar-refractivity contribution in [3.05, 3.63) is 35.9 Å². The van der Waals surface area contributed by atoms with Crippen LogP contribution in [0.1, 0.15) is 25.5 Å². The summed E-state index contributed by atoms with van der Waals surface area (Å²) >= 11 is 1.22. The molecule has 38 heavy (non-hydrogen) atoms.